The van der Waals surface area contributed by atoms with E-state index in [2.05, 4.69) is 16.0 Å². The molecule has 0 radical (unpaired) electrons. The fourth-order valence-corrected chi connectivity index (χ4v) is 4.38. The Balaban J connectivity index is 0. The summed E-state index contributed by atoms with van der Waals surface area (Å²) in [4.78, 5) is 36.5. The van der Waals surface area contributed by atoms with Crippen molar-refractivity contribution in [1.82, 2.24) is 16.0 Å². The summed E-state index contributed by atoms with van der Waals surface area (Å²) in [6.45, 7) is 13.0. The van der Waals surface area contributed by atoms with Gasteiger partial charge in [-0.1, -0.05) is 51.3 Å². The minimum atomic E-state index is -1.03. The van der Waals surface area contributed by atoms with Gasteiger partial charge in [0, 0.05) is 20.8 Å². The lowest BCUT2D eigenvalue weighted by Gasteiger charge is -2.29. The first kappa shape index (κ1) is 53.2. The van der Waals surface area contributed by atoms with E-state index < -0.39 is 47.2 Å². The molecule has 14 nitrogen and oxygen atoms in total. The van der Waals surface area contributed by atoms with Crippen LogP contribution in [-0.4, -0.2) is 110 Å². The molecule has 2 rings (SSSR count). The van der Waals surface area contributed by atoms with Gasteiger partial charge in [-0.3, -0.25) is 9.59 Å². The third kappa shape index (κ3) is 22.3. The van der Waals surface area contributed by atoms with E-state index in [0.29, 0.717) is 50.3 Å². The highest BCUT2D eigenvalue weighted by Gasteiger charge is 2.32. The predicted molar refractivity (Wildman–Crippen MR) is 217 cm³/mol. The molecule has 0 aliphatic rings. The van der Waals surface area contributed by atoms with Crippen LogP contribution in [0.25, 0.3) is 0 Å². The number of hydrogen-bond acceptors (Lipinski definition) is 11. The Labute approximate surface area is 330 Å². The minimum Gasteiger partial charge on any atom is -0.491 e. The van der Waals surface area contributed by atoms with Crippen LogP contribution in [0.3, 0.4) is 0 Å². The second-order valence-corrected chi connectivity index (χ2v) is 14.5. The molecule has 2 unspecified atom stereocenters. The fourth-order valence-electron chi connectivity index (χ4n) is 4.38. The Bertz CT molecular complexity index is 1320. The summed E-state index contributed by atoms with van der Waals surface area (Å²) in [7, 11) is 2.93. The molecule has 4 atom stereocenters. The Morgan fingerprint density at radius 3 is 1.40 bits per heavy atom. The summed E-state index contributed by atoms with van der Waals surface area (Å²) in [5, 5.41) is 29.3. The van der Waals surface area contributed by atoms with Gasteiger partial charge in [-0.2, -0.15) is 0 Å². The molecule has 316 valence electrons. The molecule has 0 heterocycles. The van der Waals surface area contributed by atoms with Gasteiger partial charge >= 0.3 is 6.09 Å². The van der Waals surface area contributed by atoms with Crippen molar-refractivity contribution in [1.29, 1.82) is 0 Å². The van der Waals surface area contributed by atoms with Gasteiger partial charge in [0.15, 0.2) is 0 Å². The fraction of sp³-hybridized carbons (Fsp3) is 0.634. The number of ether oxygens (including phenoxy) is 5. The first-order valence-electron chi connectivity index (χ1n) is 18.0. The van der Waals surface area contributed by atoms with Crippen molar-refractivity contribution in [3.63, 3.8) is 0 Å². The molecule has 0 bridgehead atoms. The van der Waals surface area contributed by atoms with E-state index >= 15 is 0 Å². The summed E-state index contributed by atoms with van der Waals surface area (Å²) in [6.07, 6.45) is -0.0544. The molecule has 2 aromatic carbocycles. The number of amides is 3. The van der Waals surface area contributed by atoms with Crippen LogP contribution in [0.15, 0.2) is 60.7 Å². The lowest BCUT2D eigenvalue weighted by Crippen LogP contribution is -2.53. The molecule has 0 saturated heterocycles. The van der Waals surface area contributed by atoms with Crippen LogP contribution >= 0.6 is 0 Å². The van der Waals surface area contributed by atoms with Crippen LogP contribution in [0.1, 0.15) is 89.0 Å². The third-order valence-corrected chi connectivity index (χ3v) is 8.08. The van der Waals surface area contributed by atoms with Crippen LogP contribution in [0.5, 0.6) is 11.5 Å². The van der Waals surface area contributed by atoms with Gasteiger partial charge in [-0.05, 0) is 105 Å². The van der Waals surface area contributed by atoms with Crippen molar-refractivity contribution in [3.8, 4) is 11.5 Å². The maximum absolute atomic E-state index is 12.5. The standard InChI is InChI=1S/C22H36N2O6.C17H28N2O4.2CH4/c1-21(2,3)30-20(27)23-14-10-13-17(24-19(26)22(4,5)28-6)18(25)15-29-16-11-8-7-9-12-16;1-17(2,22-3)16(21)19-14(10-7-11-18)15(20)12-23-13-8-5-4-6-9-13;;/h7-9,11-12,17-18,25H,10,13-15H2,1-6H3,(H,23,27)(H,24,26);4-6,8-9,14-15,20H,7,10-12,18H2,1-3H3,(H,19,21);2*1H4/t17-,18?;14-,15?;;/m00../s1. The Kier molecular flexibility index (Phi) is 25.9. The normalized spacial score (nSPS) is 13.5. The Morgan fingerprint density at radius 1 is 0.673 bits per heavy atom. The number of benzene rings is 2. The molecule has 0 aromatic heterocycles. The van der Waals surface area contributed by atoms with Crippen LogP contribution in [0.2, 0.25) is 0 Å². The van der Waals surface area contributed by atoms with Gasteiger partial charge in [-0.25, -0.2) is 4.79 Å². The molecule has 0 spiro atoms. The molecule has 0 aliphatic carbocycles. The Morgan fingerprint density at radius 2 is 1.05 bits per heavy atom. The quantitative estimate of drug-likeness (QED) is 0.0934. The zero-order valence-corrected chi connectivity index (χ0v) is 33.0. The van der Waals surface area contributed by atoms with E-state index in [1.165, 1.54) is 14.2 Å². The van der Waals surface area contributed by atoms with E-state index in [9.17, 15) is 24.6 Å². The lowest BCUT2D eigenvalue weighted by molar-refractivity contribution is -0.141. The number of carbonyl (C=O) groups excluding carboxylic acids is 3. The summed E-state index contributed by atoms with van der Waals surface area (Å²) in [5.74, 6) is 0.688. The second kappa shape index (κ2) is 26.8. The first-order valence-corrected chi connectivity index (χ1v) is 18.0. The van der Waals surface area contributed by atoms with Gasteiger partial charge in [0.25, 0.3) is 11.8 Å². The van der Waals surface area contributed by atoms with Gasteiger partial charge in [-0.15, -0.1) is 0 Å². The van der Waals surface area contributed by atoms with E-state index in [4.69, 9.17) is 29.4 Å². The summed E-state index contributed by atoms with van der Waals surface area (Å²) in [5.41, 5.74) is 2.97. The molecule has 3 amide bonds. The maximum atomic E-state index is 12.5. The summed E-state index contributed by atoms with van der Waals surface area (Å²) >= 11 is 0. The largest absolute Gasteiger partial charge is 0.491 e. The second-order valence-electron chi connectivity index (χ2n) is 14.5. The molecular formula is C41H72N4O10. The van der Waals surface area contributed by atoms with Crippen LogP contribution in [0.4, 0.5) is 4.79 Å². The van der Waals surface area contributed by atoms with Crippen molar-refractivity contribution in [2.24, 2.45) is 5.73 Å². The molecule has 14 heteroatoms. The number of nitrogens with one attached hydrogen (secondary N) is 3. The van der Waals surface area contributed by atoms with Gasteiger partial charge in [0.1, 0.15) is 53.7 Å². The molecule has 7 N–H and O–H groups in total. The zero-order valence-electron chi connectivity index (χ0n) is 33.0. The number of methoxy groups -OCH3 is 2. The number of nitrogens with two attached hydrogens (primary N) is 1. The van der Waals surface area contributed by atoms with Crippen molar-refractivity contribution < 1.29 is 48.3 Å². The highest BCUT2D eigenvalue weighted by atomic mass is 16.6. The summed E-state index contributed by atoms with van der Waals surface area (Å²) in [6, 6.07) is 17.3. The van der Waals surface area contributed by atoms with Crippen molar-refractivity contribution >= 4 is 17.9 Å². The van der Waals surface area contributed by atoms with E-state index in [1.807, 2.05) is 48.5 Å². The third-order valence-electron chi connectivity index (χ3n) is 8.08. The number of aliphatic hydroxyl groups is 2. The maximum Gasteiger partial charge on any atom is 0.407 e. The van der Waals surface area contributed by atoms with Crippen molar-refractivity contribution in [2.45, 2.75) is 130 Å². The average molecular weight is 781 g/mol. The molecule has 55 heavy (non-hydrogen) atoms. The number of hydrogen-bond donors (Lipinski definition) is 6. The van der Waals surface area contributed by atoms with Crippen LogP contribution < -0.4 is 31.2 Å². The number of alkyl carbamates (subject to hydrolysis) is 1. The smallest absolute Gasteiger partial charge is 0.407 e. The van der Waals surface area contributed by atoms with Gasteiger partial charge < -0.3 is 55.6 Å². The topological polar surface area (TPSA) is 200 Å². The van der Waals surface area contributed by atoms with Crippen LogP contribution in [0, 0.1) is 0 Å². The van der Waals surface area contributed by atoms with E-state index in [-0.39, 0.29) is 39.9 Å². The van der Waals surface area contributed by atoms with E-state index in [0.717, 1.165) is 0 Å². The van der Waals surface area contributed by atoms with E-state index in [1.54, 1.807) is 60.6 Å². The molecule has 0 aliphatic heterocycles. The highest BCUT2D eigenvalue weighted by molar-refractivity contribution is 5.85. The first-order chi connectivity index (χ1) is 24.8. The molecule has 0 fully saturated rings. The molecule has 0 saturated carbocycles. The van der Waals surface area contributed by atoms with Gasteiger partial charge in [0.2, 0.25) is 0 Å². The Hall–Kier alpha value is -3.95. The molecule has 2 aromatic rings. The highest BCUT2D eigenvalue weighted by Crippen LogP contribution is 2.15. The van der Waals surface area contributed by atoms with Crippen LogP contribution in [-0.2, 0) is 23.8 Å². The minimum absolute atomic E-state index is 0. The van der Waals surface area contributed by atoms with Crippen molar-refractivity contribution in [2.75, 3.05) is 40.5 Å². The average Bonchev–Trinajstić information content (AvgIpc) is 3.12. The SMILES string of the molecule is C.C.COC(C)(C)C(=O)N[C@@H](CCCN)C(O)COc1ccccc1.COC(C)(C)C(=O)N[C@@H](CCCNC(=O)OC(C)(C)C)C(O)COc1ccccc1. The zero-order chi connectivity index (χ0) is 40.1. The number of carbonyl (C=O) groups is 3. The monoisotopic (exact) mass is 781 g/mol. The predicted octanol–water partition coefficient (Wildman–Crippen LogP) is 4.99. The molecular weight excluding hydrogens is 708 g/mol. The number of para-hydroxylation sites is 2. The number of rotatable bonds is 21. The number of aliphatic hydroxyl groups excluding tert-OH is 2. The lowest BCUT2D eigenvalue weighted by atomic mass is 10.0. The van der Waals surface area contributed by atoms with Crippen molar-refractivity contribution in [3.05, 3.63) is 60.7 Å². The van der Waals surface area contributed by atoms with Gasteiger partial charge in [0.05, 0.1) is 12.1 Å². The summed E-state index contributed by atoms with van der Waals surface area (Å²) < 4.78 is 26.8.